The Morgan fingerprint density at radius 3 is 3.15 bits per heavy atom. The Kier molecular flexibility index (Phi) is 2.63. The van der Waals surface area contributed by atoms with Gasteiger partial charge in [-0.15, -0.1) is 0 Å². The largest absolute Gasteiger partial charge is 0.409 e. The molecule has 70 valence electrons. The van der Waals surface area contributed by atoms with E-state index >= 15 is 0 Å². The Morgan fingerprint density at radius 1 is 1.85 bits per heavy atom. The van der Waals surface area contributed by atoms with Crippen LogP contribution in [0.15, 0.2) is 22.5 Å². The molecule has 1 heterocycles. The van der Waals surface area contributed by atoms with E-state index in [-0.39, 0.29) is 17.8 Å². The van der Waals surface area contributed by atoms with Gasteiger partial charge in [-0.25, -0.2) is 4.98 Å². The number of aryl methyl sites for hydroxylation is 1. The minimum absolute atomic E-state index is 0.00917. The number of nitrogens with zero attached hydrogens (tertiary/aromatic N) is 3. The third-order valence-corrected chi connectivity index (χ3v) is 1.57. The quantitative estimate of drug-likeness (QED) is 0.267. The van der Waals surface area contributed by atoms with Gasteiger partial charge in [0.25, 0.3) is 5.56 Å². The highest BCUT2D eigenvalue weighted by Crippen LogP contribution is 1.89. The van der Waals surface area contributed by atoms with Crippen molar-refractivity contribution in [2.24, 2.45) is 17.9 Å². The van der Waals surface area contributed by atoms with Crippen LogP contribution in [-0.4, -0.2) is 20.6 Å². The van der Waals surface area contributed by atoms with Crippen LogP contribution < -0.4 is 11.3 Å². The van der Waals surface area contributed by atoms with Gasteiger partial charge in [-0.3, -0.25) is 4.79 Å². The van der Waals surface area contributed by atoms with E-state index in [2.05, 4.69) is 10.1 Å². The Morgan fingerprint density at radius 2 is 2.54 bits per heavy atom. The summed E-state index contributed by atoms with van der Waals surface area (Å²) >= 11 is 0. The molecule has 0 atom stereocenters. The average Bonchev–Trinajstić information content (AvgIpc) is 2.13. The SMILES string of the molecule is Cn1cncc(C/C(N)=N/O)c1=O. The van der Waals surface area contributed by atoms with Crippen LogP contribution in [0, 0.1) is 0 Å². The molecule has 3 N–H and O–H groups in total. The summed E-state index contributed by atoms with van der Waals surface area (Å²) < 4.78 is 1.33. The smallest absolute Gasteiger partial charge is 0.256 e. The summed E-state index contributed by atoms with van der Waals surface area (Å²) in [4.78, 5) is 15.2. The van der Waals surface area contributed by atoms with Gasteiger partial charge < -0.3 is 15.5 Å². The monoisotopic (exact) mass is 182 g/mol. The maximum atomic E-state index is 11.4. The molecule has 0 aromatic carbocycles. The minimum Gasteiger partial charge on any atom is -0.409 e. The highest BCUT2D eigenvalue weighted by molar-refractivity contribution is 5.81. The average molecular weight is 182 g/mol. The molecule has 0 aliphatic heterocycles. The number of rotatable bonds is 2. The Labute approximate surface area is 74.3 Å². The second kappa shape index (κ2) is 3.70. The van der Waals surface area contributed by atoms with Crippen molar-refractivity contribution in [2.45, 2.75) is 6.42 Å². The highest BCUT2D eigenvalue weighted by atomic mass is 16.4. The third kappa shape index (κ3) is 2.05. The molecule has 0 unspecified atom stereocenters. The van der Waals surface area contributed by atoms with E-state index in [1.54, 1.807) is 7.05 Å². The van der Waals surface area contributed by atoms with Crippen LogP contribution in [0.5, 0.6) is 0 Å². The molecule has 0 spiro atoms. The first-order chi connectivity index (χ1) is 6.15. The van der Waals surface area contributed by atoms with Gasteiger partial charge in [0, 0.05) is 25.2 Å². The van der Waals surface area contributed by atoms with Crippen LogP contribution in [0.2, 0.25) is 0 Å². The van der Waals surface area contributed by atoms with E-state index in [0.29, 0.717) is 5.56 Å². The lowest BCUT2D eigenvalue weighted by Gasteiger charge is -2.00. The maximum absolute atomic E-state index is 11.4. The Balaban J connectivity index is 3.03. The van der Waals surface area contributed by atoms with Crippen molar-refractivity contribution < 1.29 is 5.21 Å². The van der Waals surface area contributed by atoms with Gasteiger partial charge in [-0.1, -0.05) is 5.16 Å². The first-order valence-electron chi connectivity index (χ1n) is 3.61. The van der Waals surface area contributed by atoms with E-state index < -0.39 is 0 Å². The van der Waals surface area contributed by atoms with Crippen molar-refractivity contribution in [3.63, 3.8) is 0 Å². The summed E-state index contributed by atoms with van der Waals surface area (Å²) in [5, 5.41) is 11.1. The number of aromatic nitrogens is 2. The zero-order valence-corrected chi connectivity index (χ0v) is 7.14. The second-order valence-electron chi connectivity index (χ2n) is 2.60. The van der Waals surface area contributed by atoms with Crippen LogP contribution in [-0.2, 0) is 13.5 Å². The van der Waals surface area contributed by atoms with Crippen LogP contribution >= 0.6 is 0 Å². The van der Waals surface area contributed by atoms with Crippen LogP contribution in [0.3, 0.4) is 0 Å². The van der Waals surface area contributed by atoms with Gasteiger partial charge >= 0.3 is 0 Å². The minimum atomic E-state index is -0.193. The summed E-state index contributed by atoms with van der Waals surface area (Å²) in [6.07, 6.45) is 2.91. The van der Waals surface area contributed by atoms with E-state index in [0.717, 1.165) is 0 Å². The summed E-state index contributed by atoms with van der Waals surface area (Å²) in [5.74, 6) is -0.00917. The molecule has 0 fully saturated rings. The fourth-order valence-electron chi connectivity index (χ4n) is 0.909. The van der Waals surface area contributed by atoms with E-state index in [1.165, 1.54) is 17.1 Å². The lowest BCUT2D eigenvalue weighted by Crippen LogP contribution is -2.25. The molecule has 6 nitrogen and oxygen atoms in total. The topological polar surface area (TPSA) is 93.5 Å². The first-order valence-corrected chi connectivity index (χ1v) is 3.61. The van der Waals surface area contributed by atoms with Gasteiger partial charge in [-0.2, -0.15) is 0 Å². The van der Waals surface area contributed by atoms with Gasteiger partial charge in [-0.05, 0) is 0 Å². The van der Waals surface area contributed by atoms with E-state index in [9.17, 15) is 4.79 Å². The molecule has 0 bridgehead atoms. The predicted octanol–water partition coefficient (Wildman–Crippen LogP) is -0.931. The van der Waals surface area contributed by atoms with Crippen molar-refractivity contribution in [2.75, 3.05) is 0 Å². The molecule has 0 radical (unpaired) electrons. The van der Waals surface area contributed by atoms with Gasteiger partial charge in [0.1, 0.15) is 5.84 Å². The van der Waals surface area contributed by atoms with Crippen LogP contribution in [0.4, 0.5) is 0 Å². The third-order valence-electron chi connectivity index (χ3n) is 1.57. The number of oxime groups is 1. The Hall–Kier alpha value is -1.85. The van der Waals surface area contributed by atoms with Crippen molar-refractivity contribution >= 4 is 5.84 Å². The van der Waals surface area contributed by atoms with Crippen LogP contribution in [0.25, 0.3) is 0 Å². The molecule has 13 heavy (non-hydrogen) atoms. The zero-order chi connectivity index (χ0) is 9.84. The highest BCUT2D eigenvalue weighted by Gasteiger charge is 2.03. The van der Waals surface area contributed by atoms with Crippen molar-refractivity contribution in [1.29, 1.82) is 0 Å². The molecule has 1 aromatic rings. The normalized spacial score (nSPS) is 11.6. The molecule has 0 saturated heterocycles. The number of amidine groups is 1. The molecule has 0 aliphatic carbocycles. The van der Waals surface area contributed by atoms with Gasteiger partial charge in [0.2, 0.25) is 0 Å². The lowest BCUT2D eigenvalue weighted by atomic mass is 10.2. The van der Waals surface area contributed by atoms with Gasteiger partial charge in [0.15, 0.2) is 0 Å². The predicted molar refractivity (Wildman–Crippen MR) is 46.6 cm³/mol. The molecular weight excluding hydrogens is 172 g/mol. The van der Waals surface area contributed by atoms with Crippen molar-refractivity contribution in [3.05, 3.63) is 28.4 Å². The van der Waals surface area contributed by atoms with E-state index in [4.69, 9.17) is 10.9 Å². The van der Waals surface area contributed by atoms with E-state index in [1.807, 2.05) is 0 Å². The first kappa shape index (κ1) is 9.24. The molecule has 1 aromatic heterocycles. The lowest BCUT2D eigenvalue weighted by molar-refractivity contribution is 0.317. The molecule has 6 heteroatoms. The van der Waals surface area contributed by atoms with Gasteiger partial charge in [0.05, 0.1) is 6.33 Å². The van der Waals surface area contributed by atoms with Crippen molar-refractivity contribution in [3.8, 4) is 0 Å². The zero-order valence-electron chi connectivity index (χ0n) is 7.14. The van der Waals surface area contributed by atoms with Crippen molar-refractivity contribution in [1.82, 2.24) is 9.55 Å². The number of nitrogens with two attached hydrogens (primary N) is 1. The number of hydrogen-bond donors (Lipinski definition) is 2. The molecular formula is C7H10N4O2. The second-order valence-corrected chi connectivity index (χ2v) is 2.60. The standard InChI is InChI=1S/C7H10N4O2/c1-11-4-9-3-5(7(11)12)2-6(8)10-13/h3-4,13H,2H2,1H3,(H2,8,10). The fourth-order valence-corrected chi connectivity index (χ4v) is 0.909. The molecule has 1 rings (SSSR count). The van der Waals surface area contributed by atoms with Crippen LogP contribution in [0.1, 0.15) is 5.56 Å². The summed E-state index contributed by atoms with van der Waals surface area (Å²) in [5.41, 5.74) is 5.46. The number of hydrogen-bond acceptors (Lipinski definition) is 4. The fraction of sp³-hybridized carbons (Fsp3) is 0.286. The summed E-state index contributed by atoms with van der Waals surface area (Å²) in [7, 11) is 1.59. The molecule has 0 aliphatic rings. The summed E-state index contributed by atoms with van der Waals surface area (Å²) in [6, 6.07) is 0. The molecule has 0 amide bonds. The molecule has 0 saturated carbocycles. The Bertz CT molecular complexity index is 382. The maximum Gasteiger partial charge on any atom is 0.256 e. The summed E-state index contributed by atoms with van der Waals surface area (Å²) in [6.45, 7) is 0.